The van der Waals surface area contributed by atoms with Crippen molar-refractivity contribution in [3.8, 4) is 0 Å². The highest BCUT2D eigenvalue weighted by molar-refractivity contribution is 6.30. The van der Waals surface area contributed by atoms with Crippen molar-refractivity contribution >= 4 is 40.1 Å². The molecule has 3 rings (SSSR count). The lowest BCUT2D eigenvalue weighted by Gasteiger charge is -2.08. The van der Waals surface area contributed by atoms with E-state index >= 15 is 0 Å². The molecule has 0 atom stereocenters. The maximum absolute atomic E-state index is 12.1. The van der Waals surface area contributed by atoms with Gasteiger partial charge in [-0.15, -0.1) is 0 Å². The highest BCUT2D eigenvalue weighted by atomic mass is 35.5. The number of nitrogens with one attached hydrogen (secondary N) is 2. The van der Waals surface area contributed by atoms with Crippen molar-refractivity contribution in [3.63, 3.8) is 0 Å². The average molecular weight is 344 g/mol. The number of hydrogen-bond acceptors (Lipinski definition) is 4. The molecule has 1 aromatic heterocycles. The van der Waals surface area contributed by atoms with Crippen LogP contribution in [-0.4, -0.2) is 28.7 Å². The predicted octanol–water partition coefficient (Wildman–Crippen LogP) is 3.32. The van der Waals surface area contributed by atoms with Gasteiger partial charge in [-0.1, -0.05) is 29.8 Å². The number of fused-ring (bicyclic) bond motifs is 1. The zero-order valence-corrected chi connectivity index (χ0v) is 13.6. The first kappa shape index (κ1) is 16.0. The fourth-order valence-corrected chi connectivity index (χ4v) is 2.50. The molecule has 24 heavy (non-hydrogen) atoms. The minimum Gasteiger partial charge on any atom is -0.451 e. The normalized spacial score (nSPS) is 10.6. The van der Waals surface area contributed by atoms with Crippen LogP contribution >= 0.6 is 11.6 Å². The number of H-pyrrole nitrogens is 1. The summed E-state index contributed by atoms with van der Waals surface area (Å²) < 4.78 is 5.03. The van der Waals surface area contributed by atoms with Crippen LogP contribution in [0.3, 0.4) is 0 Å². The van der Waals surface area contributed by atoms with Gasteiger partial charge < -0.3 is 10.1 Å². The monoisotopic (exact) mass is 343 g/mol. The zero-order valence-electron chi connectivity index (χ0n) is 12.8. The molecule has 6 nitrogen and oxygen atoms in total. The number of aromatic nitrogens is 2. The van der Waals surface area contributed by atoms with E-state index in [1.54, 1.807) is 36.4 Å². The number of esters is 1. The fraction of sp³-hybridized carbons (Fsp3) is 0.118. The molecule has 3 aromatic rings. The molecule has 1 heterocycles. The number of carbonyl (C=O) groups excluding carboxylic acids is 2. The summed E-state index contributed by atoms with van der Waals surface area (Å²) in [4.78, 5) is 24.0. The number of aromatic amines is 1. The molecule has 0 aliphatic rings. The summed E-state index contributed by atoms with van der Waals surface area (Å²) in [5.74, 6) is -1.09. The number of hydrogen-bond donors (Lipinski definition) is 2. The quantitative estimate of drug-likeness (QED) is 0.712. The number of carbonyl (C=O) groups is 2. The van der Waals surface area contributed by atoms with Gasteiger partial charge in [-0.3, -0.25) is 9.89 Å². The van der Waals surface area contributed by atoms with Gasteiger partial charge in [0.1, 0.15) is 0 Å². The lowest BCUT2D eigenvalue weighted by Crippen LogP contribution is -2.21. The summed E-state index contributed by atoms with van der Waals surface area (Å²) in [6, 6.07) is 12.3. The Hall–Kier alpha value is -2.86. The molecule has 0 spiro atoms. The Bertz CT molecular complexity index is 920. The van der Waals surface area contributed by atoms with Crippen molar-refractivity contribution in [3.05, 3.63) is 58.7 Å². The Balaban J connectivity index is 1.62. The molecule has 0 fully saturated rings. The second-order valence-corrected chi connectivity index (χ2v) is 5.64. The SMILES string of the molecule is Cc1cc(Cl)ccc1NC(=O)COC(=O)c1n[nH]c2ccccc12. The van der Waals surface area contributed by atoms with E-state index < -0.39 is 18.5 Å². The Kier molecular flexibility index (Phi) is 4.48. The predicted molar refractivity (Wildman–Crippen MR) is 91.2 cm³/mol. The Morgan fingerprint density at radius 2 is 2.04 bits per heavy atom. The van der Waals surface area contributed by atoms with Gasteiger partial charge in [-0.25, -0.2) is 4.79 Å². The standard InChI is InChI=1S/C17H14ClN3O3/c1-10-8-11(18)6-7-13(10)19-15(22)9-24-17(23)16-12-4-2-3-5-14(12)20-21-16/h2-8H,9H2,1H3,(H,19,22)(H,20,21). The summed E-state index contributed by atoms with van der Waals surface area (Å²) in [5, 5.41) is 10.6. The number of ether oxygens (including phenoxy) is 1. The molecule has 122 valence electrons. The minimum atomic E-state index is -0.657. The van der Waals surface area contributed by atoms with Crippen molar-refractivity contribution in [1.82, 2.24) is 10.2 Å². The van der Waals surface area contributed by atoms with E-state index in [1.807, 2.05) is 13.0 Å². The number of anilines is 1. The summed E-state index contributed by atoms with van der Waals surface area (Å²) in [6.45, 7) is 1.42. The van der Waals surface area contributed by atoms with Crippen molar-refractivity contribution in [2.45, 2.75) is 6.92 Å². The van der Waals surface area contributed by atoms with E-state index in [0.29, 0.717) is 16.1 Å². The van der Waals surface area contributed by atoms with Crippen molar-refractivity contribution in [1.29, 1.82) is 0 Å². The second kappa shape index (κ2) is 6.72. The van der Waals surface area contributed by atoms with E-state index in [4.69, 9.17) is 16.3 Å². The van der Waals surface area contributed by atoms with E-state index in [1.165, 1.54) is 0 Å². The maximum Gasteiger partial charge on any atom is 0.359 e. The van der Waals surface area contributed by atoms with Crippen LogP contribution in [0.25, 0.3) is 10.9 Å². The van der Waals surface area contributed by atoms with Gasteiger partial charge in [0, 0.05) is 16.1 Å². The molecule has 0 aliphatic carbocycles. The van der Waals surface area contributed by atoms with Gasteiger partial charge in [0.15, 0.2) is 12.3 Å². The molecule has 0 saturated heterocycles. The molecule has 0 unspecified atom stereocenters. The lowest BCUT2D eigenvalue weighted by atomic mass is 10.2. The summed E-state index contributed by atoms with van der Waals surface area (Å²) in [7, 11) is 0. The summed E-state index contributed by atoms with van der Waals surface area (Å²) in [5.41, 5.74) is 2.32. The van der Waals surface area contributed by atoms with E-state index in [2.05, 4.69) is 15.5 Å². The van der Waals surface area contributed by atoms with Gasteiger partial charge >= 0.3 is 5.97 Å². The smallest absolute Gasteiger partial charge is 0.359 e. The number of rotatable bonds is 4. The number of aryl methyl sites for hydroxylation is 1. The third-order valence-electron chi connectivity index (χ3n) is 3.46. The van der Waals surface area contributed by atoms with Crippen molar-refractivity contribution < 1.29 is 14.3 Å². The van der Waals surface area contributed by atoms with Gasteiger partial charge in [-0.2, -0.15) is 5.10 Å². The molecule has 2 N–H and O–H groups in total. The van der Waals surface area contributed by atoms with Crippen LogP contribution in [0.5, 0.6) is 0 Å². The minimum absolute atomic E-state index is 0.154. The molecule has 0 saturated carbocycles. The number of halogens is 1. The van der Waals surface area contributed by atoms with Crippen LogP contribution in [-0.2, 0) is 9.53 Å². The van der Waals surface area contributed by atoms with Crippen molar-refractivity contribution in [2.24, 2.45) is 0 Å². The third kappa shape index (κ3) is 3.38. The molecule has 1 amide bonds. The Labute approximate surface area is 142 Å². The second-order valence-electron chi connectivity index (χ2n) is 5.20. The number of para-hydroxylation sites is 1. The maximum atomic E-state index is 12.1. The average Bonchev–Trinajstić information content (AvgIpc) is 2.99. The molecule has 7 heteroatoms. The summed E-state index contributed by atoms with van der Waals surface area (Å²) in [6.07, 6.45) is 0. The largest absolute Gasteiger partial charge is 0.451 e. The van der Waals surface area contributed by atoms with Crippen LogP contribution < -0.4 is 5.32 Å². The van der Waals surface area contributed by atoms with Crippen LogP contribution in [0.2, 0.25) is 5.02 Å². The lowest BCUT2D eigenvalue weighted by molar-refractivity contribution is -0.119. The van der Waals surface area contributed by atoms with E-state index in [0.717, 1.165) is 11.1 Å². The molecule has 0 bridgehead atoms. The molecule has 0 aliphatic heterocycles. The third-order valence-corrected chi connectivity index (χ3v) is 3.70. The van der Waals surface area contributed by atoms with Crippen LogP contribution in [0, 0.1) is 6.92 Å². The first-order valence-corrected chi connectivity index (χ1v) is 7.58. The molecule has 2 aromatic carbocycles. The molecular weight excluding hydrogens is 330 g/mol. The van der Waals surface area contributed by atoms with Crippen LogP contribution in [0.4, 0.5) is 5.69 Å². The van der Waals surface area contributed by atoms with Gasteiger partial charge in [0.05, 0.1) is 5.52 Å². The number of amides is 1. The van der Waals surface area contributed by atoms with Gasteiger partial charge in [0.25, 0.3) is 5.91 Å². The first-order valence-electron chi connectivity index (χ1n) is 7.21. The molecule has 0 radical (unpaired) electrons. The van der Waals surface area contributed by atoms with Crippen molar-refractivity contribution in [2.75, 3.05) is 11.9 Å². The Morgan fingerprint density at radius 1 is 1.25 bits per heavy atom. The number of nitrogens with zero attached hydrogens (tertiary/aromatic N) is 1. The van der Waals surface area contributed by atoms with Gasteiger partial charge in [0.2, 0.25) is 0 Å². The highest BCUT2D eigenvalue weighted by Crippen LogP contribution is 2.19. The first-order chi connectivity index (χ1) is 11.5. The van der Waals surface area contributed by atoms with Gasteiger partial charge in [-0.05, 0) is 36.8 Å². The zero-order chi connectivity index (χ0) is 17.1. The number of benzene rings is 2. The highest BCUT2D eigenvalue weighted by Gasteiger charge is 2.17. The Morgan fingerprint density at radius 3 is 2.83 bits per heavy atom. The topological polar surface area (TPSA) is 84.1 Å². The van der Waals surface area contributed by atoms with E-state index in [-0.39, 0.29) is 5.69 Å². The fourth-order valence-electron chi connectivity index (χ4n) is 2.27. The summed E-state index contributed by atoms with van der Waals surface area (Å²) >= 11 is 5.87. The molecular formula is C17H14ClN3O3. The van der Waals surface area contributed by atoms with Crippen LogP contribution in [0.15, 0.2) is 42.5 Å². The van der Waals surface area contributed by atoms with Crippen LogP contribution in [0.1, 0.15) is 16.1 Å². The van der Waals surface area contributed by atoms with E-state index in [9.17, 15) is 9.59 Å².